The highest BCUT2D eigenvalue weighted by Gasteiger charge is 2.21. The maximum atomic E-state index is 11.7. The molecule has 0 aromatic rings. The lowest BCUT2D eigenvalue weighted by molar-refractivity contribution is 0.0273. The Bertz CT molecular complexity index is 263. The molecule has 1 amide bonds. The van der Waals surface area contributed by atoms with Crippen LogP contribution in [0, 0.1) is 0 Å². The molecule has 1 aliphatic heterocycles. The largest absolute Gasteiger partial charge is 0.444 e. The van der Waals surface area contributed by atoms with Gasteiger partial charge in [-0.2, -0.15) is 0 Å². The highest BCUT2D eigenvalue weighted by molar-refractivity contribution is 5.68. The normalized spacial score (nSPS) is 18.1. The summed E-state index contributed by atoms with van der Waals surface area (Å²) in [6.07, 6.45) is 4.02. The molecule has 1 heterocycles. The monoisotopic (exact) mass is 211 g/mol. The lowest BCUT2D eigenvalue weighted by atomic mass is 10.2. The van der Waals surface area contributed by atoms with Gasteiger partial charge in [-0.3, -0.25) is 0 Å². The van der Waals surface area contributed by atoms with E-state index in [-0.39, 0.29) is 6.09 Å². The van der Waals surface area contributed by atoms with Crippen molar-refractivity contribution in [3.8, 4) is 0 Å². The molecule has 0 N–H and O–H groups in total. The second kappa shape index (κ2) is 4.69. The summed E-state index contributed by atoms with van der Waals surface area (Å²) in [6, 6.07) is 0. The molecule has 1 rings (SSSR count). The van der Waals surface area contributed by atoms with Crippen molar-refractivity contribution < 1.29 is 9.53 Å². The van der Waals surface area contributed by atoms with Gasteiger partial charge in [0.1, 0.15) is 5.60 Å². The molecule has 3 heteroatoms. The van der Waals surface area contributed by atoms with E-state index in [4.69, 9.17) is 4.74 Å². The number of amides is 1. The molecule has 0 saturated carbocycles. The standard InChI is InChI=1S/C12H21NO2/c1-10-6-5-8-13(9-7-10)11(14)15-12(2,3)4/h7H,5-6,8-9H2,1-4H3. The van der Waals surface area contributed by atoms with E-state index in [1.807, 2.05) is 20.8 Å². The van der Waals surface area contributed by atoms with E-state index in [0.717, 1.165) is 19.4 Å². The average Bonchev–Trinajstić information content (AvgIpc) is 2.26. The summed E-state index contributed by atoms with van der Waals surface area (Å²) in [5, 5.41) is 0. The van der Waals surface area contributed by atoms with Crippen LogP contribution in [0.5, 0.6) is 0 Å². The smallest absolute Gasteiger partial charge is 0.410 e. The summed E-state index contributed by atoms with van der Waals surface area (Å²) in [7, 11) is 0. The Labute approximate surface area is 92.1 Å². The van der Waals surface area contributed by atoms with Crippen molar-refractivity contribution in [3.63, 3.8) is 0 Å². The number of nitrogens with zero attached hydrogens (tertiary/aromatic N) is 1. The zero-order valence-corrected chi connectivity index (χ0v) is 10.2. The van der Waals surface area contributed by atoms with E-state index in [1.54, 1.807) is 4.90 Å². The predicted molar refractivity (Wildman–Crippen MR) is 60.8 cm³/mol. The van der Waals surface area contributed by atoms with Crippen LogP contribution in [-0.4, -0.2) is 29.7 Å². The molecule has 15 heavy (non-hydrogen) atoms. The summed E-state index contributed by atoms with van der Waals surface area (Å²) < 4.78 is 5.33. The predicted octanol–water partition coefficient (Wildman–Crippen LogP) is 2.96. The highest BCUT2D eigenvalue weighted by Crippen LogP contribution is 2.14. The fourth-order valence-corrected chi connectivity index (χ4v) is 1.50. The summed E-state index contributed by atoms with van der Waals surface area (Å²) in [4.78, 5) is 13.5. The van der Waals surface area contributed by atoms with Crippen molar-refractivity contribution in [2.45, 2.75) is 46.1 Å². The van der Waals surface area contributed by atoms with Crippen molar-refractivity contribution in [1.29, 1.82) is 0 Å². The zero-order chi connectivity index (χ0) is 11.5. The molecule has 0 atom stereocenters. The molecule has 86 valence electrons. The minimum Gasteiger partial charge on any atom is -0.444 e. The van der Waals surface area contributed by atoms with Gasteiger partial charge < -0.3 is 9.64 Å². The molecule has 0 spiro atoms. The van der Waals surface area contributed by atoms with Crippen molar-refractivity contribution in [3.05, 3.63) is 11.6 Å². The van der Waals surface area contributed by atoms with E-state index < -0.39 is 5.60 Å². The maximum absolute atomic E-state index is 11.7. The minimum absolute atomic E-state index is 0.201. The third kappa shape index (κ3) is 4.36. The number of hydrogen-bond acceptors (Lipinski definition) is 2. The summed E-state index contributed by atoms with van der Waals surface area (Å²) in [5.74, 6) is 0. The fourth-order valence-electron chi connectivity index (χ4n) is 1.50. The van der Waals surface area contributed by atoms with Gasteiger partial charge in [0.05, 0.1) is 0 Å². The second-order valence-electron chi connectivity index (χ2n) is 5.08. The third-order valence-electron chi connectivity index (χ3n) is 2.31. The van der Waals surface area contributed by atoms with Gasteiger partial charge >= 0.3 is 6.09 Å². The topological polar surface area (TPSA) is 29.5 Å². The van der Waals surface area contributed by atoms with Crippen LogP contribution in [-0.2, 0) is 4.74 Å². The number of carbonyl (C=O) groups excluding carboxylic acids is 1. The van der Waals surface area contributed by atoms with E-state index in [0.29, 0.717) is 6.54 Å². The molecule has 0 aromatic heterocycles. The van der Waals surface area contributed by atoms with E-state index >= 15 is 0 Å². The van der Waals surface area contributed by atoms with Crippen LogP contribution in [0.1, 0.15) is 40.5 Å². The van der Waals surface area contributed by atoms with Crippen molar-refractivity contribution in [2.75, 3.05) is 13.1 Å². The Morgan fingerprint density at radius 2 is 2.13 bits per heavy atom. The maximum Gasteiger partial charge on any atom is 0.410 e. The molecule has 0 bridgehead atoms. The first kappa shape index (κ1) is 12.1. The van der Waals surface area contributed by atoms with Gasteiger partial charge in [0.2, 0.25) is 0 Å². The number of ether oxygens (including phenoxy) is 1. The van der Waals surface area contributed by atoms with Crippen LogP contribution < -0.4 is 0 Å². The van der Waals surface area contributed by atoms with Crippen LogP contribution in [0.2, 0.25) is 0 Å². The first-order valence-electron chi connectivity index (χ1n) is 5.52. The van der Waals surface area contributed by atoms with Crippen molar-refractivity contribution in [1.82, 2.24) is 4.90 Å². The summed E-state index contributed by atoms with van der Waals surface area (Å²) in [5.41, 5.74) is 0.961. The minimum atomic E-state index is -0.401. The molecule has 0 aromatic carbocycles. The Morgan fingerprint density at radius 3 is 2.73 bits per heavy atom. The molecule has 3 nitrogen and oxygen atoms in total. The first-order valence-corrected chi connectivity index (χ1v) is 5.52. The molecule has 0 radical (unpaired) electrons. The Balaban J connectivity index is 2.53. The summed E-state index contributed by atoms with van der Waals surface area (Å²) in [6.45, 7) is 9.26. The fraction of sp³-hybridized carbons (Fsp3) is 0.750. The van der Waals surface area contributed by atoms with E-state index in [1.165, 1.54) is 5.57 Å². The molecular weight excluding hydrogens is 190 g/mol. The second-order valence-corrected chi connectivity index (χ2v) is 5.08. The SMILES string of the molecule is CC1=CCN(C(=O)OC(C)(C)C)CCC1. The van der Waals surface area contributed by atoms with Crippen LogP contribution in [0.15, 0.2) is 11.6 Å². The van der Waals surface area contributed by atoms with Gasteiger partial charge in [-0.15, -0.1) is 0 Å². The van der Waals surface area contributed by atoms with Crippen LogP contribution in [0.25, 0.3) is 0 Å². The van der Waals surface area contributed by atoms with Crippen LogP contribution in [0.3, 0.4) is 0 Å². The lowest BCUT2D eigenvalue weighted by Gasteiger charge is -2.25. The number of rotatable bonds is 0. The number of allylic oxidation sites excluding steroid dienone is 1. The quantitative estimate of drug-likeness (QED) is 0.576. The van der Waals surface area contributed by atoms with Crippen LogP contribution >= 0.6 is 0 Å². The molecule has 0 fully saturated rings. The molecule has 1 aliphatic rings. The van der Waals surface area contributed by atoms with Gasteiger partial charge in [0.25, 0.3) is 0 Å². The molecular formula is C12H21NO2. The third-order valence-corrected chi connectivity index (χ3v) is 2.31. The van der Waals surface area contributed by atoms with Crippen molar-refractivity contribution in [2.24, 2.45) is 0 Å². The summed E-state index contributed by atoms with van der Waals surface area (Å²) >= 11 is 0. The number of hydrogen-bond donors (Lipinski definition) is 0. The Kier molecular flexibility index (Phi) is 3.77. The van der Waals surface area contributed by atoms with Crippen LogP contribution in [0.4, 0.5) is 4.79 Å². The molecule has 0 saturated heterocycles. The van der Waals surface area contributed by atoms with Gasteiger partial charge in [-0.1, -0.05) is 11.6 Å². The van der Waals surface area contributed by atoms with Gasteiger partial charge in [0.15, 0.2) is 0 Å². The van der Waals surface area contributed by atoms with E-state index in [9.17, 15) is 4.79 Å². The lowest BCUT2D eigenvalue weighted by Crippen LogP contribution is -2.37. The van der Waals surface area contributed by atoms with Gasteiger partial charge in [-0.25, -0.2) is 4.79 Å². The van der Waals surface area contributed by atoms with Gasteiger partial charge in [-0.05, 0) is 40.5 Å². The first-order chi connectivity index (χ1) is 6.88. The Hall–Kier alpha value is -0.990. The Morgan fingerprint density at radius 1 is 1.47 bits per heavy atom. The molecule has 0 unspecified atom stereocenters. The average molecular weight is 211 g/mol. The van der Waals surface area contributed by atoms with E-state index in [2.05, 4.69) is 13.0 Å². The highest BCUT2D eigenvalue weighted by atomic mass is 16.6. The number of carbonyl (C=O) groups is 1. The zero-order valence-electron chi connectivity index (χ0n) is 10.2. The molecule has 0 aliphatic carbocycles. The van der Waals surface area contributed by atoms with Crippen molar-refractivity contribution >= 4 is 6.09 Å². The van der Waals surface area contributed by atoms with Gasteiger partial charge in [0, 0.05) is 13.1 Å².